The maximum absolute atomic E-state index is 14.4. The molecule has 0 bridgehead atoms. The van der Waals surface area contributed by atoms with Gasteiger partial charge in [-0.1, -0.05) is 57.1 Å². The molecular formula is C83H117N9O23. The number of anilines is 2. The number of aliphatic imine (C=N–C) groups is 1. The Morgan fingerprint density at radius 2 is 1.10 bits per heavy atom. The minimum absolute atomic E-state index is 0.0149. The molecule has 0 aromatic heterocycles. The van der Waals surface area contributed by atoms with Gasteiger partial charge in [0.1, 0.15) is 17.8 Å². The molecule has 3 aromatic rings. The maximum Gasteiger partial charge on any atom is 0.267 e. The van der Waals surface area contributed by atoms with Gasteiger partial charge in [-0.05, 0) is 114 Å². The highest BCUT2D eigenvalue weighted by Gasteiger charge is 2.46. The van der Waals surface area contributed by atoms with Crippen molar-refractivity contribution in [3.63, 3.8) is 0 Å². The molecule has 115 heavy (non-hydrogen) atoms. The van der Waals surface area contributed by atoms with Gasteiger partial charge in [-0.3, -0.25) is 57.9 Å². The van der Waals surface area contributed by atoms with Crippen LogP contribution >= 0.6 is 0 Å². The number of carbonyl (C=O) groups excluding carboxylic acids is 9. The molecule has 5 N–H and O–H groups in total. The van der Waals surface area contributed by atoms with Crippen molar-refractivity contribution < 1.29 is 110 Å². The summed E-state index contributed by atoms with van der Waals surface area (Å²) in [4.78, 5) is 130. The van der Waals surface area contributed by atoms with Gasteiger partial charge in [0.2, 0.25) is 35.4 Å². The van der Waals surface area contributed by atoms with E-state index in [-0.39, 0.29) is 128 Å². The van der Waals surface area contributed by atoms with Crippen LogP contribution in [0.25, 0.3) is 0 Å². The Kier molecular flexibility index (Phi) is 36.8. The Bertz CT molecular complexity index is 3810. The van der Waals surface area contributed by atoms with Crippen molar-refractivity contribution in [2.75, 3.05) is 163 Å². The molecule has 6 aliphatic rings. The maximum atomic E-state index is 14.4. The lowest BCUT2D eigenvalue weighted by atomic mass is 9.81. The predicted molar refractivity (Wildman–Crippen MR) is 424 cm³/mol. The van der Waals surface area contributed by atoms with Crippen LogP contribution < -0.4 is 49.9 Å². The zero-order valence-corrected chi connectivity index (χ0v) is 67.6. The summed E-state index contributed by atoms with van der Waals surface area (Å²) < 4.78 is 74.1. The summed E-state index contributed by atoms with van der Waals surface area (Å²) in [5, 5.41) is 23.0. The number of fused-ring (bicyclic) bond motifs is 4. The fraction of sp³-hybridized carbons (Fsp3) is 0.614. The Morgan fingerprint density at radius 1 is 0.557 bits per heavy atom. The average molecular weight is 1610 g/mol. The molecule has 5 heterocycles. The van der Waals surface area contributed by atoms with E-state index in [0.717, 1.165) is 48.2 Å². The third-order valence-electron chi connectivity index (χ3n) is 20.5. The molecule has 0 radical (unpaired) electrons. The van der Waals surface area contributed by atoms with Crippen LogP contribution in [0.15, 0.2) is 77.1 Å². The molecule has 632 valence electrons. The molecule has 1 saturated carbocycles. The second kappa shape index (κ2) is 47.2. The van der Waals surface area contributed by atoms with Crippen LogP contribution in [0.2, 0.25) is 0 Å². The summed E-state index contributed by atoms with van der Waals surface area (Å²) in [5.41, 5.74) is 3.45. The number of carbonyl (C=O) groups is 9. The van der Waals surface area contributed by atoms with E-state index >= 15 is 0 Å². The van der Waals surface area contributed by atoms with Crippen molar-refractivity contribution in [1.82, 2.24) is 30.7 Å². The van der Waals surface area contributed by atoms with E-state index in [1.807, 2.05) is 20.0 Å². The minimum atomic E-state index is -1.48. The molecular weight excluding hydrogens is 1490 g/mol. The average Bonchev–Trinajstić information content (AvgIpc) is 1.61. The Morgan fingerprint density at radius 3 is 1.69 bits per heavy atom. The number of amides is 9. The van der Waals surface area contributed by atoms with Gasteiger partial charge in [-0.25, -0.2) is 0 Å². The van der Waals surface area contributed by atoms with Gasteiger partial charge in [-0.2, -0.15) is 0 Å². The first kappa shape index (κ1) is 89.8. The number of hydrogen-bond donors (Lipinski definition) is 5. The van der Waals surface area contributed by atoms with E-state index < -0.39 is 60.5 Å². The monoisotopic (exact) mass is 1610 g/mol. The third-order valence-corrected chi connectivity index (χ3v) is 20.5. The number of aliphatic hydroxyl groups excluding tert-OH is 1. The highest BCUT2D eigenvalue weighted by Crippen LogP contribution is 2.43. The summed E-state index contributed by atoms with van der Waals surface area (Å²) in [6, 6.07) is 9.72. The largest absolute Gasteiger partial charge is 0.493 e. The van der Waals surface area contributed by atoms with Crippen molar-refractivity contribution in [2.24, 2.45) is 22.7 Å². The van der Waals surface area contributed by atoms with Gasteiger partial charge in [0, 0.05) is 68.8 Å². The normalized spacial score (nSPS) is 18.6. The summed E-state index contributed by atoms with van der Waals surface area (Å²) in [5.74, 6) is -1.91. The fourth-order valence-electron chi connectivity index (χ4n) is 14.3. The van der Waals surface area contributed by atoms with Gasteiger partial charge >= 0.3 is 0 Å². The number of unbranched alkanes of at least 4 members (excludes halogenated alkanes) is 2. The second-order valence-electron chi connectivity index (χ2n) is 29.5. The smallest absolute Gasteiger partial charge is 0.267 e. The molecule has 0 spiro atoms. The summed E-state index contributed by atoms with van der Waals surface area (Å²) in [6.07, 6.45) is 15.0. The summed E-state index contributed by atoms with van der Waals surface area (Å²) in [6.45, 7) is 14.8. The van der Waals surface area contributed by atoms with Crippen LogP contribution in [0.3, 0.4) is 0 Å². The van der Waals surface area contributed by atoms with Crippen molar-refractivity contribution >= 4 is 76.4 Å². The fourth-order valence-corrected chi connectivity index (χ4v) is 14.3. The van der Waals surface area contributed by atoms with E-state index in [9.17, 15) is 48.3 Å². The molecule has 1 saturated heterocycles. The zero-order valence-electron chi connectivity index (χ0n) is 67.6. The molecule has 32 heteroatoms. The van der Waals surface area contributed by atoms with Gasteiger partial charge < -0.3 is 97.8 Å². The van der Waals surface area contributed by atoms with Crippen LogP contribution in [0, 0.1) is 17.8 Å². The van der Waals surface area contributed by atoms with Crippen LogP contribution in [0.5, 0.6) is 28.7 Å². The van der Waals surface area contributed by atoms with Crippen LogP contribution in [0.4, 0.5) is 17.1 Å². The van der Waals surface area contributed by atoms with E-state index in [2.05, 4.69) is 26.3 Å². The third kappa shape index (κ3) is 27.2. The van der Waals surface area contributed by atoms with Crippen molar-refractivity contribution in [3.05, 3.63) is 83.2 Å². The van der Waals surface area contributed by atoms with E-state index in [1.165, 1.54) is 74.5 Å². The van der Waals surface area contributed by atoms with Crippen LogP contribution in [-0.2, 0) is 71.5 Å². The lowest BCUT2D eigenvalue weighted by Crippen LogP contribution is -2.53. The SMILES string of the molecule is COc1cc2c(cc1OCCCCCOc1cc3c(cc1OC)C(=O)N1C=C(C)C[C@H]1[C@H](O)N3C(=O)COc1ccc(NC(=O)[C@H](C)NC(=O)[C@@H](NC(=O)CCOCCOCCOCCOCCOCCOCCOCCOCCNC(=O)CCN3C(=O)CC(C4CCCCCCC4)C3=O)C(C)C)cc1)N=C[C@@H]1CC(C)=CN1C2=O. The number of ether oxygens (including phenoxy) is 13. The second-order valence-corrected chi connectivity index (χ2v) is 29.5. The number of imide groups is 1. The van der Waals surface area contributed by atoms with Crippen LogP contribution in [0.1, 0.15) is 152 Å². The molecule has 3 aromatic carbocycles. The van der Waals surface area contributed by atoms with Gasteiger partial charge in [0.15, 0.2) is 35.8 Å². The van der Waals surface area contributed by atoms with Gasteiger partial charge in [0.05, 0.1) is 174 Å². The molecule has 32 nitrogen and oxygen atoms in total. The minimum Gasteiger partial charge on any atom is -0.493 e. The summed E-state index contributed by atoms with van der Waals surface area (Å²) >= 11 is 0. The number of benzene rings is 3. The van der Waals surface area contributed by atoms with Crippen molar-refractivity contribution in [1.29, 1.82) is 0 Å². The van der Waals surface area contributed by atoms with Crippen molar-refractivity contribution in [3.8, 4) is 28.7 Å². The molecule has 1 aliphatic carbocycles. The molecule has 1 unspecified atom stereocenters. The van der Waals surface area contributed by atoms with E-state index in [4.69, 9.17) is 61.6 Å². The first-order valence-corrected chi connectivity index (χ1v) is 40.3. The zero-order chi connectivity index (χ0) is 82.0. The lowest BCUT2D eigenvalue weighted by molar-refractivity contribution is -0.140. The summed E-state index contributed by atoms with van der Waals surface area (Å²) in [7, 11) is 2.97. The number of nitrogens with one attached hydrogen (secondary N) is 4. The van der Waals surface area contributed by atoms with E-state index in [1.54, 1.807) is 55.4 Å². The molecule has 9 amide bonds. The molecule has 9 rings (SSSR count). The Hall–Kier alpha value is -9.12. The predicted octanol–water partition coefficient (Wildman–Crippen LogP) is 7.38. The van der Waals surface area contributed by atoms with E-state index in [0.29, 0.717) is 153 Å². The van der Waals surface area contributed by atoms with Crippen LogP contribution in [-0.4, -0.2) is 262 Å². The standard InChI is InChI=1S/C83H117N9O23/c1-55(2)77(88-74(94)23-28-105-30-32-107-34-36-109-38-40-111-42-43-112-41-39-110-37-35-108-33-31-106-29-24-84-73(93)22-25-89-75(95)48-63(80(89)99)59-16-12-9-8-10-13-17-59)79(98)86-58(5)78(97)87-60-18-20-62(21-19-60)115-54-76(96)92-67-50-72(70(104-7)47-65(67)82(101)91-53-57(4)45-68(91)83(92)102)114-27-15-11-14-26-113-71-49-66-64(46-69(71)103-6)81(100)90-52-56(3)44-61(90)51-85-66/h18-21,46-47,49-53,55,58-59,61,63,68,77,83,102H,8-17,22-45,48,54H2,1-7H3,(H,84,93)(H,86,98)(H,87,97)(H,88,94)/t58-,61-,63?,68-,77-,83-/m0/s1. The molecule has 6 atom stereocenters. The topological polar surface area (TPSA) is 367 Å². The highest BCUT2D eigenvalue weighted by atomic mass is 16.6. The number of aliphatic hydroxyl groups is 1. The number of likely N-dealkylation sites (tertiary alicyclic amines) is 1. The number of hydrogen-bond acceptors (Lipinski definition) is 24. The first-order valence-electron chi connectivity index (χ1n) is 40.3. The number of rotatable bonds is 50. The number of nitrogens with zero attached hydrogens (tertiary/aromatic N) is 5. The first-order chi connectivity index (χ1) is 55.7. The van der Waals surface area contributed by atoms with Crippen molar-refractivity contribution in [2.45, 2.75) is 161 Å². The number of methoxy groups -OCH3 is 2. The van der Waals surface area contributed by atoms with Gasteiger partial charge in [0.25, 0.3) is 17.7 Å². The Balaban J connectivity index is 0.570. The highest BCUT2D eigenvalue weighted by molar-refractivity contribution is 6.08. The van der Waals surface area contributed by atoms with Gasteiger partial charge in [-0.15, -0.1) is 0 Å². The Labute approximate surface area is 673 Å². The lowest BCUT2D eigenvalue weighted by Gasteiger charge is -2.32. The molecule has 2 fully saturated rings. The quantitative estimate of drug-likeness (QED) is 0.0272. The molecule has 5 aliphatic heterocycles.